The summed E-state index contributed by atoms with van der Waals surface area (Å²) in [7, 11) is 4.06. The Kier molecular flexibility index (Phi) is 6.38. The van der Waals surface area contributed by atoms with Gasteiger partial charge < -0.3 is 19.9 Å². The number of anilines is 1. The number of rotatable bonds is 5. The maximum atomic E-state index is 13.4. The number of piperidine rings is 1. The van der Waals surface area contributed by atoms with Gasteiger partial charge in [-0.05, 0) is 71.4 Å². The van der Waals surface area contributed by atoms with Crippen molar-refractivity contribution < 1.29 is 9.53 Å². The smallest absolute Gasteiger partial charge is 0.266 e. The van der Waals surface area contributed by atoms with E-state index in [0.29, 0.717) is 24.8 Å². The second-order valence-corrected chi connectivity index (χ2v) is 9.59. The molecule has 2 aliphatic heterocycles. The third-order valence-corrected chi connectivity index (χ3v) is 6.56. The van der Waals surface area contributed by atoms with Crippen molar-refractivity contribution in [1.82, 2.24) is 19.8 Å². The molecule has 2 aromatic rings. The molecule has 4 rings (SSSR count). The zero-order chi connectivity index (χ0) is 22.9. The number of carbonyl (C=O) groups is 1. The van der Waals surface area contributed by atoms with Crippen LogP contribution in [0.4, 0.5) is 5.82 Å². The Morgan fingerprint density at radius 3 is 2.62 bits per heavy atom. The van der Waals surface area contributed by atoms with Crippen molar-refractivity contribution in [1.29, 1.82) is 0 Å². The highest BCUT2D eigenvalue weighted by molar-refractivity contribution is 5.85. The highest BCUT2D eigenvalue weighted by atomic mass is 16.5. The predicted molar refractivity (Wildman–Crippen MR) is 126 cm³/mol. The van der Waals surface area contributed by atoms with Crippen molar-refractivity contribution in [3.05, 3.63) is 46.9 Å². The summed E-state index contributed by atoms with van der Waals surface area (Å²) in [5, 5.41) is 3.26. The van der Waals surface area contributed by atoms with Crippen molar-refractivity contribution in [2.45, 2.75) is 58.1 Å². The van der Waals surface area contributed by atoms with Crippen LogP contribution in [0.25, 0.3) is 0 Å². The molecule has 1 saturated heterocycles. The molecule has 1 aromatic carbocycles. The highest BCUT2D eigenvalue weighted by Gasteiger charge is 2.37. The van der Waals surface area contributed by atoms with Crippen molar-refractivity contribution >= 4 is 11.7 Å². The second-order valence-electron chi connectivity index (χ2n) is 9.59. The SMILES string of the molecule is CNc1nc(C2CCN(C)CC2)nc2c1CN(C(=O)C(C)(C)Oc1cccc(C)c1)CC2. The van der Waals surface area contributed by atoms with Crippen molar-refractivity contribution in [3.8, 4) is 5.75 Å². The molecule has 172 valence electrons. The van der Waals surface area contributed by atoms with Gasteiger partial charge in [-0.25, -0.2) is 9.97 Å². The summed E-state index contributed by atoms with van der Waals surface area (Å²) in [6.07, 6.45) is 2.92. The number of amides is 1. The minimum Gasteiger partial charge on any atom is -0.478 e. The summed E-state index contributed by atoms with van der Waals surface area (Å²) in [5.74, 6) is 2.89. The predicted octanol–water partition coefficient (Wildman–Crippen LogP) is 3.38. The Balaban J connectivity index is 1.51. The van der Waals surface area contributed by atoms with Crippen molar-refractivity contribution in [2.75, 3.05) is 39.0 Å². The normalized spacial score (nSPS) is 17.7. The molecular weight excluding hydrogens is 402 g/mol. The molecule has 1 N–H and O–H groups in total. The Labute approximate surface area is 191 Å². The zero-order valence-corrected chi connectivity index (χ0v) is 19.9. The minimum atomic E-state index is -0.958. The molecule has 0 unspecified atom stereocenters. The second kappa shape index (κ2) is 9.06. The van der Waals surface area contributed by atoms with E-state index in [-0.39, 0.29) is 5.91 Å². The van der Waals surface area contributed by atoms with Gasteiger partial charge in [0, 0.05) is 31.5 Å². The van der Waals surface area contributed by atoms with Gasteiger partial charge in [0.1, 0.15) is 17.4 Å². The van der Waals surface area contributed by atoms with E-state index < -0.39 is 5.60 Å². The molecule has 0 radical (unpaired) electrons. The van der Waals surface area contributed by atoms with Gasteiger partial charge >= 0.3 is 0 Å². The van der Waals surface area contributed by atoms with Crippen LogP contribution in [-0.2, 0) is 17.8 Å². The van der Waals surface area contributed by atoms with Gasteiger partial charge in [0.05, 0.1) is 12.2 Å². The third-order valence-electron chi connectivity index (χ3n) is 6.56. The summed E-state index contributed by atoms with van der Waals surface area (Å²) in [6.45, 7) is 8.99. The quantitative estimate of drug-likeness (QED) is 0.773. The van der Waals surface area contributed by atoms with Crippen LogP contribution in [-0.4, -0.2) is 65.0 Å². The average Bonchev–Trinajstić information content (AvgIpc) is 2.77. The molecular formula is C25H35N5O2. The van der Waals surface area contributed by atoms with Gasteiger partial charge in [-0.1, -0.05) is 12.1 Å². The lowest BCUT2D eigenvalue weighted by molar-refractivity contribution is -0.146. The molecule has 0 saturated carbocycles. The van der Waals surface area contributed by atoms with Crippen molar-refractivity contribution in [2.24, 2.45) is 0 Å². The monoisotopic (exact) mass is 437 g/mol. The first-order chi connectivity index (χ1) is 15.3. The lowest BCUT2D eigenvalue weighted by atomic mass is 9.95. The summed E-state index contributed by atoms with van der Waals surface area (Å²) in [6, 6.07) is 7.81. The number of hydrogen-bond acceptors (Lipinski definition) is 6. The van der Waals surface area contributed by atoms with Gasteiger partial charge in [0.15, 0.2) is 5.60 Å². The molecule has 0 bridgehead atoms. The average molecular weight is 438 g/mol. The van der Waals surface area contributed by atoms with Gasteiger partial charge in [-0.15, -0.1) is 0 Å². The fourth-order valence-corrected chi connectivity index (χ4v) is 4.66. The maximum absolute atomic E-state index is 13.4. The molecule has 0 spiro atoms. The van der Waals surface area contributed by atoms with Crippen LogP contribution >= 0.6 is 0 Å². The Hall–Kier alpha value is -2.67. The first-order valence-corrected chi connectivity index (χ1v) is 11.6. The lowest BCUT2D eigenvalue weighted by Crippen LogP contribution is -2.50. The van der Waals surface area contributed by atoms with Crippen LogP contribution in [0, 0.1) is 6.92 Å². The van der Waals surface area contributed by atoms with E-state index in [4.69, 9.17) is 14.7 Å². The summed E-state index contributed by atoms with van der Waals surface area (Å²) >= 11 is 0. The number of nitrogens with zero attached hydrogens (tertiary/aromatic N) is 4. The van der Waals surface area contributed by atoms with E-state index >= 15 is 0 Å². The molecule has 3 heterocycles. The highest BCUT2D eigenvalue weighted by Crippen LogP contribution is 2.31. The number of hydrogen-bond donors (Lipinski definition) is 1. The maximum Gasteiger partial charge on any atom is 0.266 e. The number of likely N-dealkylation sites (tertiary alicyclic amines) is 1. The lowest BCUT2D eigenvalue weighted by Gasteiger charge is -2.36. The number of aryl methyl sites for hydroxylation is 1. The molecule has 7 nitrogen and oxygen atoms in total. The number of aromatic nitrogens is 2. The van der Waals surface area contributed by atoms with Gasteiger partial charge in [0.2, 0.25) is 0 Å². The van der Waals surface area contributed by atoms with Crippen LogP contribution in [0.3, 0.4) is 0 Å². The topological polar surface area (TPSA) is 70.6 Å². The fraction of sp³-hybridized carbons (Fsp3) is 0.560. The first-order valence-electron chi connectivity index (χ1n) is 11.6. The number of ether oxygens (including phenoxy) is 1. The largest absolute Gasteiger partial charge is 0.478 e. The summed E-state index contributed by atoms with van der Waals surface area (Å²) < 4.78 is 6.11. The standard InChI is InChI=1S/C25H35N5O2/c1-17-7-6-8-19(15-17)32-25(2,3)24(31)30-14-11-21-20(16-30)23(26-4)28-22(27-21)18-9-12-29(5)13-10-18/h6-8,15,18H,9-14,16H2,1-5H3,(H,26,27,28). The van der Waals surface area contributed by atoms with E-state index in [0.717, 1.165) is 60.8 Å². The van der Waals surface area contributed by atoms with Gasteiger partial charge in [-0.3, -0.25) is 4.79 Å². The Morgan fingerprint density at radius 2 is 1.94 bits per heavy atom. The molecule has 1 fully saturated rings. The molecule has 1 amide bonds. The van der Waals surface area contributed by atoms with E-state index in [1.165, 1.54) is 0 Å². The zero-order valence-electron chi connectivity index (χ0n) is 19.9. The fourth-order valence-electron chi connectivity index (χ4n) is 4.66. The van der Waals surface area contributed by atoms with E-state index in [2.05, 4.69) is 17.3 Å². The van der Waals surface area contributed by atoms with Crippen LogP contribution in [0.1, 0.15) is 55.3 Å². The molecule has 1 aromatic heterocycles. The Bertz CT molecular complexity index is 965. The minimum absolute atomic E-state index is 0.0221. The number of fused-ring (bicyclic) bond motifs is 1. The van der Waals surface area contributed by atoms with E-state index in [9.17, 15) is 4.79 Å². The van der Waals surface area contributed by atoms with Crippen LogP contribution in [0.5, 0.6) is 5.75 Å². The van der Waals surface area contributed by atoms with Crippen molar-refractivity contribution in [3.63, 3.8) is 0 Å². The number of nitrogens with one attached hydrogen (secondary N) is 1. The van der Waals surface area contributed by atoms with Crippen LogP contribution in [0.15, 0.2) is 24.3 Å². The van der Waals surface area contributed by atoms with E-state index in [1.807, 2.05) is 57.0 Å². The first kappa shape index (κ1) is 22.5. The molecule has 7 heteroatoms. The third kappa shape index (κ3) is 4.72. The molecule has 0 atom stereocenters. The number of benzene rings is 1. The van der Waals surface area contributed by atoms with Gasteiger partial charge in [0.25, 0.3) is 5.91 Å². The number of carbonyl (C=O) groups excluding carboxylic acids is 1. The van der Waals surface area contributed by atoms with Crippen LogP contribution in [0.2, 0.25) is 0 Å². The Morgan fingerprint density at radius 1 is 1.19 bits per heavy atom. The molecule has 2 aliphatic rings. The summed E-state index contributed by atoms with van der Waals surface area (Å²) in [4.78, 5) is 27.5. The van der Waals surface area contributed by atoms with Crippen LogP contribution < -0.4 is 10.1 Å². The summed E-state index contributed by atoms with van der Waals surface area (Å²) in [5.41, 5.74) is 2.24. The molecule has 32 heavy (non-hydrogen) atoms. The van der Waals surface area contributed by atoms with E-state index in [1.54, 1.807) is 0 Å². The molecule has 0 aliphatic carbocycles. The van der Waals surface area contributed by atoms with Gasteiger partial charge in [-0.2, -0.15) is 0 Å².